The first-order valence-corrected chi connectivity index (χ1v) is 10.5. The number of carbonyl (C=O) groups excluding carboxylic acids is 1. The van der Waals surface area contributed by atoms with Crippen LogP contribution in [-0.2, 0) is 9.53 Å². The Morgan fingerprint density at radius 3 is 3.00 bits per heavy atom. The molecule has 3 rings (SSSR count). The molecule has 2 atom stereocenters. The second-order valence-electron chi connectivity index (χ2n) is 7.23. The zero-order valence-corrected chi connectivity index (χ0v) is 17.5. The first-order chi connectivity index (χ1) is 13.5. The molecule has 2 aromatic heterocycles. The summed E-state index contributed by atoms with van der Waals surface area (Å²) in [5.41, 5.74) is 0.640. The summed E-state index contributed by atoms with van der Waals surface area (Å²) < 4.78 is 6.61. The topological polar surface area (TPSA) is 67.7 Å². The highest BCUT2D eigenvalue weighted by Crippen LogP contribution is 2.26. The van der Waals surface area contributed by atoms with E-state index < -0.39 is 0 Å². The summed E-state index contributed by atoms with van der Waals surface area (Å²) in [5, 5.41) is 6.40. The fraction of sp³-hybridized carbons (Fsp3) is 0.550. The van der Waals surface area contributed by atoms with Crippen molar-refractivity contribution in [3.8, 4) is 0 Å². The van der Waals surface area contributed by atoms with Crippen molar-refractivity contribution in [3.05, 3.63) is 45.0 Å². The van der Waals surface area contributed by atoms with E-state index in [1.807, 2.05) is 41.3 Å². The maximum Gasteiger partial charge on any atom is 0.269 e. The first-order valence-electron chi connectivity index (χ1n) is 9.62. The van der Waals surface area contributed by atoms with E-state index in [-0.39, 0.29) is 23.4 Å². The smallest absolute Gasteiger partial charge is 0.269 e. The normalized spacial score (nSPS) is 18.1. The van der Waals surface area contributed by atoms with E-state index >= 15 is 0 Å². The van der Waals surface area contributed by atoms with Crippen LogP contribution in [0.5, 0.6) is 0 Å². The average molecular weight is 405 g/mol. The van der Waals surface area contributed by atoms with E-state index in [4.69, 9.17) is 4.74 Å². The van der Waals surface area contributed by atoms with Crippen LogP contribution in [0.15, 0.2) is 34.6 Å². The lowest BCUT2D eigenvalue weighted by Gasteiger charge is -2.34. The van der Waals surface area contributed by atoms with Gasteiger partial charge in [-0.25, -0.2) is 4.68 Å². The highest BCUT2D eigenvalue weighted by Gasteiger charge is 2.29. The third kappa shape index (κ3) is 4.62. The van der Waals surface area contributed by atoms with Crippen LogP contribution in [0.25, 0.3) is 0 Å². The number of piperidine rings is 1. The van der Waals surface area contributed by atoms with Gasteiger partial charge < -0.3 is 14.5 Å². The molecule has 0 bridgehead atoms. The minimum atomic E-state index is -0.153. The number of anilines is 1. The van der Waals surface area contributed by atoms with E-state index in [0.29, 0.717) is 19.7 Å². The summed E-state index contributed by atoms with van der Waals surface area (Å²) >= 11 is 1.60. The molecule has 0 spiro atoms. The van der Waals surface area contributed by atoms with E-state index in [1.165, 1.54) is 4.68 Å². The van der Waals surface area contributed by atoms with Crippen molar-refractivity contribution in [2.75, 3.05) is 45.3 Å². The lowest BCUT2D eigenvalue weighted by molar-refractivity contribution is -0.134. The van der Waals surface area contributed by atoms with Crippen LogP contribution < -0.4 is 10.5 Å². The summed E-state index contributed by atoms with van der Waals surface area (Å²) in [4.78, 5) is 30.5. The molecule has 28 heavy (non-hydrogen) atoms. The Bertz CT molecular complexity index is 836. The molecule has 0 aliphatic carbocycles. The number of methoxy groups -OCH3 is 1. The van der Waals surface area contributed by atoms with E-state index in [1.54, 1.807) is 30.7 Å². The first kappa shape index (κ1) is 20.5. The number of rotatable bonds is 7. The summed E-state index contributed by atoms with van der Waals surface area (Å²) in [7, 11) is 3.56. The van der Waals surface area contributed by atoms with E-state index in [2.05, 4.69) is 5.10 Å². The van der Waals surface area contributed by atoms with Gasteiger partial charge in [-0.05, 0) is 31.2 Å². The fourth-order valence-electron chi connectivity index (χ4n) is 3.54. The number of ether oxygens (including phenoxy) is 1. The standard InChI is InChI=1S/C20H28N4O3S/c1-15(18-7-5-11-28-18)20(26)23-8-4-6-16(14-23)24-19(25)12-17(13-21-24)22(2)9-10-27-3/h5,7,11-13,15-16H,4,6,8-10,14H2,1-3H3. The molecule has 8 heteroatoms. The van der Waals surface area contributed by atoms with Crippen molar-refractivity contribution in [1.29, 1.82) is 0 Å². The zero-order valence-electron chi connectivity index (χ0n) is 16.7. The van der Waals surface area contributed by atoms with Crippen LogP contribution in [-0.4, -0.2) is 61.0 Å². The second kappa shape index (κ2) is 9.34. The maximum atomic E-state index is 12.9. The molecule has 0 saturated carbocycles. The molecule has 0 radical (unpaired) electrons. The predicted molar refractivity (Wildman–Crippen MR) is 111 cm³/mol. The van der Waals surface area contributed by atoms with Gasteiger partial charge in [0.15, 0.2) is 0 Å². The van der Waals surface area contributed by atoms with Crippen LogP contribution in [0.2, 0.25) is 0 Å². The molecule has 7 nitrogen and oxygen atoms in total. The van der Waals surface area contributed by atoms with Gasteiger partial charge in [-0.1, -0.05) is 6.07 Å². The number of hydrogen-bond acceptors (Lipinski definition) is 6. The molecular formula is C20H28N4O3S. The Labute approximate surface area is 169 Å². The van der Waals surface area contributed by atoms with Crippen LogP contribution in [0.1, 0.15) is 36.6 Å². The Balaban J connectivity index is 1.70. The minimum Gasteiger partial charge on any atom is -0.383 e. The van der Waals surface area contributed by atoms with Gasteiger partial charge in [-0.3, -0.25) is 9.59 Å². The Kier molecular flexibility index (Phi) is 6.85. The van der Waals surface area contributed by atoms with Gasteiger partial charge in [0.2, 0.25) is 5.91 Å². The second-order valence-corrected chi connectivity index (χ2v) is 8.21. The molecule has 1 aliphatic rings. The third-order valence-corrected chi connectivity index (χ3v) is 6.33. The van der Waals surface area contributed by atoms with Crippen LogP contribution in [0.4, 0.5) is 5.69 Å². The molecule has 2 aromatic rings. The molecule has 1 aliphatic heterocycles. The molecule has 1 saturated heterocycles. The van der Waals surface area contributed by atoms with Gasteiger partial charge in [-0.15, -0.1) is 11.3 Å². The molecular weight excluding hydrogens is 376 g/mol. The summed E-state index contributed by atoms with van der Waals surface area (Å²) in [6.45, 7) is 4.49. The van der Waals surface area contributed by atoms with Crippen molar-refractivity contribution >= 4 is 22.9 Å². The highest BCUT2D eigenvalue weighted by molar-refractivity contribution is 7.10. The fourth-order valence-corrected chi connectivity index (χ4v) is 4.31. The minimum absolute atomic E-state index is 0.0842. The average Bonchev–Trinajstić information content (AvgIpc) is 3.25. The Hall–Kier alpha value is -2.19. The zero-order chi connectivity index (χ0) is 20.1. The number of carbonyl (C=O) groups is 1. The van der Waals surface area contributed by atoms with Gasteiger partial charge in [0.05, 0.1) is 30.5 Å². The third-order valence-electron chi connectivity index (χ3n) is 5.28. The van der Waals surface area contributed by atoms with Gasteiger partial charge in [0.25, 0.3) is 5.56 Å². The van der Waals surface area contributed by atoms with Crippen LogP contribution in [0.3, 0.4) is 0 Å². The quantitative estimate of drug-likeness (QED) is 0.709. The van der Waals surface area contributed by atoms with Crippen molar-refractivity contribution < 1.29 is 9.53 Å². The number of likely N-dealkylation sites (tertiary alicyclic amines) is 1. The van der Waals surface area contributed by atoms with Crippen LogP contribution >= 0.6 is 11.3 Å². The number of amides is 1. The van der Waals surface area contributed by atoms with Crippen LogP contribution in [0, 0.1) is 0 Å². The summed E-state index contributed by atoms with van der Waals surface area (Å²) in [5.74, 6) is -0.0311. The SMILES string of the molecule is COCCN(C)c1cnn(C2CCCN(C(=O)C(C)c3cccs3)C2)c(=O)c1. The molecule has 0 aromatic carbocycles. The van der Waals surface area contributed by atoms with Gasteiger partial charge >= 0.3 is 0 Å². The summed E-state index contributed by atoms with van der Waals surface area (Å²) in [6, 6.07) is 5.49. The number of aromatic nitrogens is 2. The molecule has 2 unspecified atom stereocenters. The predicted octanol–water partition coefficient (Wildman–Crippen LogP) is 2.35. The Morgan fingerprint density at radius 1 is 1.50 bits per heavy atom. The van der Waals surface area contributed by atoms with E-state index in [0.717, 1.165) is 30.0 Å². The number of nitrogens with zero attached hydrogens (tertiary/aromatic N) is 4. The highest BCUT2D eigenvalue weighted by atomic mass is 32.1. The summed E-state index contributed by atoms with van der Waals surface area (Å²) in [6.07, 6.45) is 3.44. The number of likely N-dealkylation sites (N-methyl/N-ethyl adjacent to an activating group) is 1. The molecule has 0 N–H and O–H groups in total. The number of thiophene rings is 1. The lowest BCUT2D eigenvalue weighted by atomic mass is 10.0. The maximum absolute atomic E-state index is 12.9. The largest absolute Gasteiger partial charge is 0.383 e. The van der Waals surface area contributed by atoms with Gasteiger partial charge in [0, 0.05) is 44.7 Å². The van der Waals surface area contributed by atoms with Crippen molar-refractivity contribution in [3.63, 3.8) is 0 Å². The molecule has 152 valence electrons. The van der Waals surface area contributed by atoms with Gasteiger partial charge in [-0.2, -0.15) is 5.10 Å². The van der Waals surface area contributed by atoms with Crippen molar-refractivity contribution in [1.82, 2.24) is 14.7 Å². The number of hydrogen-bond donors (Lipinski definition) is 0. The Morgan fingerprint density at radius 2 is 2.32 bits per heavy atom. The lowest BCUT2D eigenvalue weighted by Crippen LogP contribution is -2.44. The van der Waals surface area contributed by atoms with Crippen molar-refractivity contribution in [2.45, 2.75) is 31.7 Å². The monoisotopic (exact) mass is 404 g/mol. The van der Waals surface area contributed by atoms with Gasteiger partial charge in [0.1, 0.15) is 0 Å². The van der Waals surface area contributed by atoms with E-state index in [9.17, 15) is 9.59 Å². The molecule has 3 heterocycles. The molecule has 1 fully saturated rings. The van der Waals surface area contributed by atoms with Crippen molar-refractivity contribution in [2.24, 2.45) is 0 Å². The molecule has 1 amide bonds.